The molecule has 1 saturated carbocycles. The lowest BCUT2D eigenvalue weighted by molar-refractivity contribution is -0.148. The van der Waals surface area contributed by atoms with Crippen LogP contribution in [0.5, 0.6) is 0 Å². The van der Waals surface area contributed by atoms with E-state index in [9.17, 15) is 4.79 Å². The predicted molar refractivity (Wildman–Crippen MR) is 74.8 cm³/mol. The van der Waals surface area contributed by atoms with Crippen molar-refractivity contribution in [2.24, 2.45) is 5.92 Å². The molecule has 0 heterocycles. The fourth-order valence-electron chi connectivity index (χ4n) is 2.45. The van der Waals surface area contributed by atoms with Crippen LogP contribution in [0.25, 0.3) is 0 Å². The minimum atomic E-state index is -0.483. The summed E-state index contributed by atoms with van der Waals surface area (Å²) >= 11 is 1.86. The molecule has 0 amide bonds. The monoisotopic (exact) mass is 275 g/mol. The summed E-state index contributed by atoms with van der Waals surface area (Å²) in [4.78, 5) is 11.9. The average molecular weight is 275 g/mol. The van der Waals surface area contributed by atoms with Gasteiger partial charge in [0, 0.05) is 11.9 Å². The van der Waals surface area contributed by atoms with Gasteiger partial charge in [0.1, 0.15) is 5.54 Å². The summed E-state index contributed by atoms with van der Waals surface area (Å²) in [5.74, 6) is 1.13. The van der Waals surface area contributed by atoms with Crippen molar-refractivity contribution in [1.29, 1.82) is 0 Å². The van der Waals surface area contributed by atoms with E-state index in [-0.39, 0.29) is 12.6 Å². The van der Waals surface area contributed by atoms with Crippen molar-refractivity contribution in [1.82, 2.24) is 5.32 Å². The van der Waals surface area contributed by atoms with Crippen molar-refractivity contribution in [3.05, 3.63) is 0 Å². The number of ether oxygens (including phenoxy) is 1. The van der Waals surface area contributed by atoms with Crippen molar-refractivity contribution in [3.8, 4) is 0 Å². The maximum atomic E-state index is 11.9. The van der Waals surface area contributed by atoms with Crippen LogP contribution in [0.3, 0.4) is 0 Å². The van der Waals surface area contributed by atoms with Crippen LogP contribution in [-0.2, 0) is 9.53 Å². The maximum Gasteiger partial charge on any atom is 0.326 e. The van der Waals surface area contributed by atoms with Gasteiger partial charge in [0.05, 0.1) is 7.11 Å². The molecule has 0 radical (unpaired) electrons. The molecule has 1 rings (SSSR count). The molecule has 0 bridgehead atoms. The number of hydrogen-bond donors (Lipinski definition) is 2. The second kappa shape index (κ2) is 7.36. The number of nitrogens with one attached hydrogen (secondary N) is 1. The van der Waals surface area contributed by atoms with Crippen LogP contribution in [0, 0.1) is 5.92 Å². The summed E-state index contributed by atoms with van der Waals surface area (Å²) in [5.41, 5.74) is -0.483. The van der Waals surface area contributed by atoms with E-state index >= 15 is 0 Å². The van der Waals surface area contributed by atoms with Gasteiger partial charge < -0.3 is 15.2 Å². The largest absolute Gasteiger partial charge is 0.468 e. The maximum absolute atomic E-state index is 11.9. The molecular formula is C13H25NO3S. The highest BCUT2D eigenvalue weighted by Crippen LogP contribution is 2.38. The van der Waals surface area contributed by atoms with E-state index in [1.54, 1.807) is 0 Å². The van der Waals surface area contributed by atoms with Gasteiger partial charge in [-0.15, -0.1) is 0 Å². The number of hydrogen-bond acceptors (Lipinski definition) is 5. The van der Waals surface area contributed by atoms with Crippen molar-refractivity contribution in [2.45, 2.75) is 43.9 Å². The summed E-state index contributed by atoms with van der Waals surface area (Å²) in [6, 6.07) is 0. The zero-order valence-electron chi connectivity index (χ0n) is 11.6. The van der Waals surface area contributed by atoms with E-state index in [1.807, 2.05) is 25.6 Å². The molecule has 0 saturated heterocycles. The summed E-state index contributed by atoms with van der Waals surface area (Å²) < 4.78 is 4.93. The number of likely N-dealkylation sites (N-methyl/N-ethyl adjacent to an activating group) is 1. The zero-order valence-corrected chi connectivity index (χ0v) is 12.4. The SMILES string of the molecule is CCNC1(C(=O)OC)CCC(SCC(C)CO)C1. The van der Waals surface area contributed by atoms with E-state index in [1.165, 1.54) is 7.11 Å². The van der Waals surface area contributed by atoms with Crippen molar-refractivity contribution < 1.29 is 14.6 Å². The summed E-state index contributed by atoms with van der Waals surface area (Å²) in [7, 11) is 1.45. The number of aliphatic hydroxyl groups is 1. The number of thioether (sulfide) groups is 1. The number of rotatable bonds is 7. The first-order valence-electron chi connectivity index (χ1n) is 6.64. The molecule has 1 aliphatic rings. The van der Waals surface area contributed by atoms with Gasteiger partial charge >= 0.3 is 5.97 Å². The van der Waals surface area contributed by atoms with Gasteiger partial charge in [-0.1, -0.05) is 13.8 Å². The van der Waals surface area contributed by atoms with Crippen molar-refractivity contribution >= 4 is 17.7 Å². The quantitative estimate of drug-likeness (QED) is 0.688. The molecule has 1 fully saturated rings. The smallest absolute Gasteiger partial charge is 0.326 e. The zero-order chi connectivity index (χ0) is 13.6. The Morgan fingerprint density at radius 3 is 2.94 bits per heavy atom. The summed E-state index contributed by atoms with van der Waals surface area (Å²) in [6.07, 6.45) is 2.71. The first-order valence-corrected chi connectivity index (χ1v) is 7.68. The Kier molecular flexibility index (Phi) is 6.46. The fourth-order valence-corrected chi connectivity index (χ4v) is 3.84. The Bertz CT molecular complexity index is 275. The van der Waals surface area contributed by atoms with Crippen LogP contribution in [0.1, 0.15) is 33.1 Å². The highest BCUT2D eigenvalue weighted by molar-refractivity contribution is 7.99. The Labute approximate surface area is 114 Å². The second-order valence-corrected chi connectivity index (χ2v) is 6.42. The lowest BCUT2D eigenvalue weighted by atomic mass is 9.98. The Hall–Kier alpha value is -0.260. The van der Waals surface area contributed by atoms with E-state index < -0.39 is 5.54 Å². The molecule has 4 nitrogen and oxygen atoms in total. The van der Waals surface area contributed by atoms with Gasteiger partial charge in [0.15, 0.2) is 0 Å². The molecule has 18 heavy (non-hydrogen) atoms. The number of methoxy groups -OCH3 is 1. The fraction of sp³-hybridized carbons (Fsp3) is 0.923. The minimum absolute atomic E-state index is 0.136. The van der Waals surface area contributed by atoms with E-state index in [4.69, 9.17) is 9.84 Å². The van der Waals surface area contributed by atoms with Crippen LogP contribution < -0.4 is 5.32 Å². The molecule has 0 aromatic rings. The molecule has 0 aromatic carbocycles. The van der Waals surface area contributed by atoms with Crippen LogP contribution in [-0.4, -0.2) is 47.9 Å². The first kappa shape index (κ1) is 15.8. The molecule has 2 N–H and O–H groups in total. The third-order valence-electron chi connectivity index (χ3n) is 3.49. The second-order valence-electron chi connectivity index (χ2n) is 5.09. The summed E-state index contributed by atoms with van der Waals surface area (Å²) in [6.45, 7) is 5.06. The highest BCUT2D eigenvalue weighted by Gasteiger charge is 2.45. The van der Waals surface area contributed by atoms with Gasteiger partial charge in [-0.05, 0) is 37.5 Å². The van der Waals surface area contributed by atoms with Gasteiger partial charge in [-0.25, -0.2) is 0 Å². The van der Waals surface area contributed by atoms with E-state index in [0.717, 1.165) is 31.6 Å². The van der Waals surface area contributed by atoms with Crippen LogP contribution in [0.2, 0.25) is 0 Å². The molecule has 0 aromatic heterocycles. The van der Waals surface area contributed by atoms with Crippen molar-refractivity contribution in [3.63, 3.8) is 0 Å². The lowest BCUT2D eigenvalue weighted by Crippen LogP contribution is -2.50. The topological polar surface area (TPSA) is 58.6 Å². The Balaban J connectivity index is 2.52. The number of carbonyl (C=O) groups is 1. The average Bonchev–Trinajstić information content (AvgIpc) is 2.80. The highest BCUT2D eigenvalue weighted by atomic mass is 32.2. The number of aliphatic hydroxyl groups excluding tert-OH is 1. The van der Waals surface area contributed by atoms with E-state index in [2.05, 4.69) is 5.32 Å². The molecule has 1 aliphatic carbocycles. The molecule has 0 spiro atoms. The standard InChI is InChI=1S/C13H25NO3S/c1-4-14-13(12(16)17-3)6-5-11(7-13)18-9-10(2)8-15/h10-11,14-15H,4-9H2,1-3H3. The lowest BCUT2D eigenvalue weighted by Gasteiger charge is -2.27. The Morgan fingerprint density at radius 2 is 2.39 bits per heavy atom. The minimum Gasteiger partial charge on any atom is -0.468 e. The third-order valence-corrected chi connectivity index (χ3v) is 5.12. The molecule has 3 atom stereocenters. The molecule has 0 aliphatic heterocycles. The van der Waals surface area contributed by atoms with Gasteiger partial charge in [0.25, 0.3) is 0 Å². The van der Waals surface area contributed by atoms with Crippen LogP contribution >= 0.6 is 11.8 Å². The van der Waals surface area contributed by atoms with Gasteiger partial charge in [-0.3, -0.25) is 4.79 Å². The Morgan fingerprint density at radius 1 is 1.67 bits per heavy atom. The van der Waals surface area contributed by atoms with Crippen LogP contribution in [0.4, 0.5) is 0 Å². The number of carbonyl (C=O) groups excluding carboxylic acids is 1. The van der Waals surface area contributed by atoms with Crippen LogP contribution in [0.15, 0.2) is 0 Å². The molecule has 5 heteroatoms. The van der Waals surface area contributed by atoms with E-state index in [0.29, 0.717) is 11.2 Å². The summed E-state index contributed by atoms with van der Waals surface area (Å²) in [5, 5.41) is 12.8. The molecule has 3 unspecified atom stereocenters. The predicted octanol–water partition coefficient (Wildman–Crippen LogP) is 1.42. The molecular weight excluding hydrogens is 250 g/mol. The van der Waals surface area contributed by atoms with Gasteiger partial charge in [0.2, 0.25) is 0 Å². The molecule has 106 valence electrons. The number of esters is 1. The third kappa shape index (κ3) is 3.87. The first-order chi connectivity index (χ1) is 8.57. The van der Waals surface area contributed by atoms with Crippen molar-refractivity contribution in [2.75, 3.05) is 26.0 Å². The van der Waals surface area contributed by atoms with Gasteiger partial charge in [-0.2, -0.15) is 11.8 Å². The normalized spacial score (nSPS) is 29.2.